The second-order valence-electron chi connectivity index (χ2n) is 6.65. The molecule has 26 heavy (non-hydrogen) atoms. The van der Waals surface area contributed by atoms with E-state index in [4.69, 9.17) is 14.2 Å². The lowest BCUT2D eigenvalue weighted by Crippen LogP contribution is -2.52. The highest BCUT2D eigenvalue weighted by atomic mass is 16.5. The lowest BCUT2D eigenvalue weighted by atomic mass is 9.96. The molecule has 0 saturated carbocycles. The molecular weight excluding hydrogens is 332 g/mol. The number of amides is 1. The maximum Gasteiger partial charge on any atom is 0.255 e. The highest BCUT2D eigenvalue weighted by Gasteiger charge is 2.32. The summed E-state index contributed by atoms with van der Waals surface area (Å²) in [6.45, 7) is 9.48. The van der Waals surface area contributed by atoms with E-state index in [1.165, 1.54) is 0 Å². The molecule has 0 aromatic heterocycles. The van der Waals surface area contributed by atoms with Crippen molar-refractivity contribution in [3.05, 3.63) is 42.5 Å². The van der Waals surface area contributed by atoms with Crippen LogP contribution >= 0.6 is 0 Å². The maximum absolute atomic E-state index is 12.7. The van der Waals surface area contributed by atoms with Crippen molar-refractivity contribution in [2.45, 2.75) is 12.5 Å². The Morgan fingerprint density at radius 3 is 2.85 bits per heavy atom. The topological polar surface area (TPSA) is 60.0 Å². The molecule has 2 aliphatic heterocycles. The number of benzene rings is 1. The molecule has 2 saturated heterocycles. The molecule has 0 unspecified atom stereocenters. The molecule has 0 aliphatic carbocycles. The molecule has 6 nitrogen and oxygen atoms in total. The van der Waals surface area contributed by atoms with Gasteiger partial charge in [0.05, 0.1) is 25.4 Å². The van der Waals surface area contributed by atoms with Gasteiger partial charge in [-0.05, 0) is 18.6 Å². The third-order valence-corrected chi connectivity index (χ3v) is 4.98. The van der Waals surface area contributed by atoms with Crippen LogP contribution in [0.25, 0.3) is 0 Å². The molecular formula is C20H28N2O4. The van der Waals surface area contributed by atoms with Gasteiger partial charge in [0, 0.05) is 38.2 Å². The molecule has 6 heteroatoms. The Morgan fingerprint density at radius 1 is 1.31 bits per heavy atom. The van der Waals surface area contributed by atoms with E-state index in [-0.39, 0.29) is 11.9 Å². The zero-order valence-corrected chi connectivity index (χ0v) is 15.2. The molecule has 1 amide bonds. The number of nitrogens with zero attached hydrogens (tertiary/aromatic N) is 1. The van der Waals surface area contributed by atoms with E-state index in [1.54, 1.807) is 12.1 Å². The van der Waals surface area contributed by atoms with Crippen molar-refractivity contribution >= 4 is 5.91 Å². The number of para-hydroxylation sites is 1. The van der Waals surface area contributed by atoms with Gasteiger partial charge in [-0.3, -0.25) is 9.69 Å². The van der Waals surface area contributed by atoms with Crippen molar-refractivity contribution in [1.82, 2.24) is 10.2 Å². The van der Waals surface area contributed by atoms with Gasteiger partial charge in [-0.1, -0.05) is 24.8 Å². The summed E-state index contributed by atoms with van der Waals surface area (Å²) >= 11 is 0. The van der Waals surface area contributed by atoms with Gasteiger partial charge in [0.25, 0.3) is 5.91 Å². The predicted molar refractivity (Wildman–Crippen MR) is 99.6 cm³/mol. The largest absolute Gasteiger partial charge is 0.489 e. The van der Waals surface area contributed by atoms with Crippen molar-refractivity contribution < 1.29 is 19.0 Å². The van der Waals surface area contributed by atoms with E-state index in [0.717, 1.165) is 45.9 Å². The second-order valence-corrected chi connectivity index (χ2v) is 6.65. The summed E-state index contributed by atoms with van der Waals surface area (Å²) in [4.78, 5) is 15.2. The molecule has 2 heterocycles. The molecule has 142 valence electrons. The summed E-state index contributed by atoms with van der Waals surface area (Å²) < 4.78 is 16.7. The molecule has 2 aliphatic rings. The molecule has 0 radical (unpaired) electrons. The maximum atomic E-state index is 12.7. The van der Waals surface area contributed by atoms with Crippen LogP contribution in [0.4, 0.5) is 0 Å². The first kappa shape index (κ1) is 18.9. The van der Waals surface area contributed by atoms with Gasteiger partial charge >= 0.3 is 0 Å². The van der Waals surface area contributed by atoms with Gasteiger partial charge in [-0.25, -0.2) is 0 Å². The molecule has 2 atom stereocenters. The van der Waals surface area contributed by atoms with E-state index in [9.17, 15) is 4.79 Å². The Labute approximate surface area is 155 Å². The Bertz CT molecular complexity index is 595. The van der Waals surface area contributed by atoms with Crippen LogP contribution < -0.4 is 10.1 Å². The highest BCUT2D eigenvalue weighted by Crippen LogP contribution is 2.23. The van der Waals surface area contributed by atoms with Crippen molar-refractivity contribution in [3.63, 3.8) is 0 Å². The SMILES string of the molecule is C=CCOc1ccccc1C(=O)NC[C@H]([C@H]1CCOC1)N1CCOCC1. The molecule has 1 N–H and O–H groups in total. The van der Waals surface area contributed by atoms with Crippen molar-refractivity contribution in [2.24, 2.45) is 5.92 Å². The summed E-state index contributed by atoms with van der Waals surface area (Å²) in [5.74, 6) is 0.916. The quantitative estimate of drug-likeness (QED) is 0.716. The van der Waals surface area contributed by atoms with Crippen LogP contribution in [-0.4, -0.2) is 69.5 Å². The smallest absolute Gasteiger partial charge is 0.255 e. The fraction of sp³-hybridized carbons (Fsp3) is 0.550. The van der Waals surface area contributed by atoms with Crippen LogP contribution in [0.15, 0.2) is 36.9 Å². The third-order valence-electron chi connectivity index (χ3n) is 4.98. The van der Waals surface area contributed by atoms with E-state index >= 15 is 0 Å². The lowest BCUT2D eigenvalue weighted by Gasteiger charge is -2.37. The summed E-state index contributed by atoms with van der Waals surface area (Å²) in [5.41, 5.74) is 0.553. The molecule has 1 aromatic carbocycles. The van der Waals surface area contributed by atoms with E-state index < -0.39 is 0 Å². The first-order chi connectivity index (χ1) is 12.8. The average Bonchev–Trinajstić information content (AvgIpc) is 3.22. The Morgan fingerprint density at radius 2 is 2.12 bits per heavy atom. The van der Waals surface area contributed by atoms with Crippen molar-refractivity contribution in [3.8, 4) is 5.75 Å². The molecule has 0 bridgehead atoms. The Hall–Kier alpha value is -1.89. The zero-order chi connectivity index (χ0) is 18.2. The van der Waals surface area contributed by atoms with Gasteiger partial charge in [-0.15, -0.1) is 0 Å². The van der Waals surface area contributed by atoms with E-state index in [2.05, 4.69) is 16.8 Å². The minimum Gasteiger partial charge on any atom is -0.489 e. The first-order valence-corrected chi connectivity index (χ1v) is 9.30. The fourth-order valence-corrected chi connectivity index (χ4v) is 3.58. The van der Waals surface area contributed by atoms with Gasteiger partial charge in [0.2, 0.25) is 0 Å². The average molecular weight is 360 g/mol. The van der Waals surface area contributed by atoms with Crippen LogP contribution in [0.1, 0.15) is 16.8 Å². The van der Waals surface area contributed by atoms with Gasteiger partial charge in [0.15, 0.2) is 0 Å². The van der Waals surface area contributed by atoms with Crippen LogP contribution in [-0.2, 0) is 9.47 Å². The number of carbonyl (C=O) groups excluding carboxylic acids is 1. The summed E-state index contributed by atoms with van der Waals surface area (Å²) in [6, 6.07) is 7.58. The monoisotopic (exact) mass is 360 g/mol. The summed E-state index contributed by atoms with van der Waals surface area (Å²) in [5, 5.41) is 3.11. The molecule has 3 rings (SSSR count). The summed E-state index contributed by atoms with van der Waals surface area (Å²) in [7, 11) is 0. The van der Waals surface area contributed by atoms with Crippen LogP contribution in [0, 0.1) is 5.92 Å². The number of hydrogen-bond acceptors (Lipinski definition) is 5. The fourth-order valence-electron chi connectivity index (χ4n) is 3.58. The van der Waals surface area contributed by atoms with Crippen molar-refractivity contribution in [1.29, 1.82) is 0 Å². The van der Waals surface area contributed by atoms with Gasteiger partial charge in [0.1, 0.15) is 12.4 Å². The van der Waals surface area contributed by atoms with Crippen LogP contribution in [0.2, 0.25) is 0 Å². The number of ether oxygens (including phenoxy) is 3. The Balaban J connectivity index is 1.64. The second kappa shape index (κ2) is 9.71. The standard InChI is InChI=1S/C20H28N2O4/c1-2-10-26-19-6-4-3-5-17(19)20(23)21-14-18(16-7-11-25-15-16)22-8-12-24-13-9-22/h2-6,16,18H,1,7-15H2,(H,21,23)/t16-,18+/m0/s1. The number of hydrogen-bond donors (Lipinski definition) is 1. The molecule has 2 fully saturated rings. The normalized spacial score (nSPS) is 21.9. The number of nitrogens with one attached hydrogen (secondary N) is 1. The minimum atomic E-state index is -0.109. The predicted octanol–water partition coefficient (Wildman–Crippen LogP) is 1.72. The molecule has 0 spiro atoms. The van der Waals surface area contributed by atoms with Gasteiger partial charge in [-0.2, -0.15) is 0 Å². The number of carbonyl (C=O) groups is 1. The first-order valence-electron chi connectivity index (χ1n) is 9.30. The van der Waals surface area contributed by atoms with Crippen molar-refractivity contribution in [2.75, 3.05) is 52.7 Å². The van der Waals surface area contributed by atoms with E-state index in [1.807, 2.05) is 18.2 Å². The number of morpholine rings is 1. The summed E-state index contributed by atoms with van der Waals surface area (Å²) in [6.07, 6.45) is 2.71. The van der Waals surface area contributed by atoms with E-state index in [0.29, 0.717) is 30.4 Å². The van der Waals surface area contributed by atoms with Crippen LogP contribution in [0.3, 0.4) is 0 Å². The van der Waals surface area contributed by atoms with Gasteiger partial charge < -0.3 is 19.5 Å². The lowest BCUT2D eigenvalue weighted by molar-refractivity contribution is 0.00166. The Kier molecular flexibility index (Phi) is 7.05. The minimum absolute atomic E-state index is 0.109. The molecule has 1 aromatic rings. The number of rotatable bonds is 8. The van der Waals surface area contributed by atoms with Crippen LogP contribution in [0.5, 0.6) is 5.75 Å². The zero-order valence-electron chi connectivity index (χ0n) is 15.2. The highest BCUT2D eigenvalue weighted by molar-refractivity contribution is 5.96. The third kappa shape index (κ3) is 4.84.